The number of likely N-dealkylation sites (tertiary alicyclic amines) is 1. The van der Waals surface area contributed by atoms with Crippen molar-refractivity contribution in [2.24, 2.45) is 5.41 Å². The Morgan fingerprint density at radius 2 is 1.89 bits per heavy atom. The van der Waals surface area contributed by atoms with Crippen molar-refractivity contribution in [3.8, 4) is 0 Å². The van der Waals surface area contributed by atoms with E-state index in [2.05, 4.69) is 10.3 Å². The van der Waals surface area contributed by atoms with Crippen molar-refractivity contribution in [1.29, 1.82) is 0 Å². The van der Waals surface area contributed by atoms with Gasteiger partial charge in [0.2, 0.25) is 0 Å². The molecule has 0 radical (unpaired) electrons. The zero-order valence-corrected chi connectivity index (χ0v) is 15.8. The molecule has 1 saturated carbocycles. The Kier molecular flexibility index (Phi) is 4.11. The summed E-state index contributed by atoms with van der Waals surface area (Å²) in [5, 5.41) is 3.47. The molecular weight excluding hydrogens is 340 g/mol. The van der Waals surface area contributed by atoms with Gasteiger partial charge in [-0.2, -0.15) is 0 Å². The molecule has 1 aromatic carbocycles. The second-order valence-corrected chi connectivity index (χ2v) is 8.69. The number of nitrogens with zero attached hydrogens (tertiary/aromatic N) is 2. The highest BCUT2D eigenvalue weighted by molar-refractivity contribution is 5.97. The summed E-state index contributed by atoms with van der Waals surface area (Å²) < 4.78 is 1.90. The van der Waals surface area contributed by atoms with Crippen LogP contribution in [-0.2, 0) is 0 Å². The Labute approximate surface area is 158 Å². The average molecular weight is 368 g/mol. The third-order valence-corrected chi connectivity index (χ3v) is 7.10. The number of amides is 1. The Balaban J connectivity index is 1.37. The predicted molar refractivity (Wildman–Crippen MR) is 105 cm³/mol. The number of fused-ring (bicyclic) bond motifs is 1. The normalized spacial score (nSPS) is 22.9. The summed E-state index contributed by atoms with van der Waals surface area (Å²) in [4.78, 5) is 30.4. The van der Waals surface area contributed by atoms with Gasteiger partial charge in [-0.3, -0.25) is 9.36 Å². The lowest BCUT2D eigenvalue weighted by atomic mass is 9.78. The lowest BCUT2D eigenvalue weighted by Crippen LogP contribution is -2.44. The number of benzene rings is 1. The first-order valence-corrected chi connectivity index (χ1v) is 10.4. The van der Waals surface area contributed by atoms with Crippen molar-refractivity contribution in [1.82, 2.24) is 19.8 Å². The van der Waals surface area contributed by atoms with E-state index in [-0.39, 0.29) is 11.6 Å². The molecule has 0 bridgehead atoms. The summed E-state index contributed by atoms with van der Waals surface area (Å²) >= 11 is 0. The van der Waals surface area contributed by atoms with Gasteiger partial charge in [-0.05, 0) is 62.3 Å². The number of hydrogen-bond donors (Lipinski definition) is 2. The number of piperidine rings is 1. The summed E-state index contributed by atoms with van der Waals surface area (Å²) in [6, 6.07) is 6.01. The highest BCUT2D eigenvalue weighted by atomic mass is 16.2. The molecule has 0 unspecified atom stereocenters. The predicted octanol–water partition coefficient (Wildman–Crippen LogP) is 2.66. The van der Waals surface area contributed by atoms with Crippen LogP contribution in [-0.4, -0.2) is 46.5 Å². The lowest BCUT2D eigenvalue weighted by molar-refractivity contribution is 0.0608. The molecule has 144 valence electrons. The Morgan fingerprint density at radius 3 is 2.59 bits per heavy atom. The minimum atomic E-state index is -0.0462. The van der Waals surface area contributed by atoms with Gasteiger partial charge in [0, 0.05) is 31.2 Å². The molecule has 6 heteroatoms. The van der Waals surface area contributed by atoms with Gasteiger partial charge in [-0.15, -0.1) is 0 Å². The van der Waals surface area contributed by atoms with Gasteiger partial charge >= 0.3 is 5.69 Å². The Bertz CT molecular complexity index is 906. The summed E-state index contributed by atoms with van der Waals surface area (Å²) in [6.07, 6.45) is 7.91. The number of carbonyl (C=O) groups is 1. The largest absolute Gasteiger partial charge is 0.339 e. The maximum atomic E-state index is 13.0. The van der Waals surface area contributed by atoms with Gasteiger partial charge in [0.25, 0.3) is 5.91 Å². The molecule has 1 aromatic heterocycles. The van der Waals surface area contributed by atoms with Crippen LogP contribution in [0.5, 0.6) is 0 Å². The zero-order valence-electron chi connectivity index (χ0n) is 15.8. The molecule has 1 amide bonds. The van der Waals surface area contributed by atoms with Gasteiger partial charge < -0.3 is 15.2 Å². The SMILES string of the molecule is O=C(c1ccc2c(c1)[nH]c(=O)n2C1CCCC1)N1CCC2(CCNC2)CC1. The van der Waals surface area contributed by atoms with E-state index >= 15 is 0 Å². The molecule has 5 rings (SSSR count). The molecule has 6 nitrogen and oxygen atoms in total. The van der Waals surface area contributed by atoms with E-state index in [0.29, 0.717) is 17.0 Å². The summed E-state index contributed by atoms with van der Waals surface area (Å²) in [7, 11) is 0. The van der Waals surface area contributed by atoms with Crippen molar-refractivity contribution in [2.75, 3.05) is 26.2 Å². The third-order valence-electron chi connectivity index (χ3n) is 7.10. The minimum Gasteiger partial charge on any atom is -0.339 e. The third kappa shape index (κ3) is 2.90. The van der Waals surface area contributed by atoms with Gasteiger partial charge in [0.15, 0.2) is 0 Å². The first-order valence-electron chi connectivity index (χ1n) is 10.4. The lowest BCUT2D eigenvalue weighted by Gasteiger charge is -2.38. The van der Waals surface area contributed by atoms with Crippen LogP contribution in [0.2, 0.25) is 0 Å². The van der Waals surface area contributed by atoms with Crippen LogP contribution in [0.1, 0.15) is 61.3 Å². The summed E-state index contributed by atoms with van der Waals surface area (Å²) in [6.45, 7) is 3.86. The average Bonchev–Trinajstić information content (AvgIpc) is 3.41. The molecule has 3 fully saturated rings. The number of carbonyl (C=O) groups excluding carboxylic acids is 1. The van der Waals surface area contributed by atoms with E-state index in [9.17, 15) is 9.59 Å². The molecule has 3 heterocycles. The van der Waals surface area contributed by atoms with Gasteiger partial charge in [-0.25, -0.2) is 4.79 Å². The van der Waals surface area contributed by atoms with Crippen LogP contribution < -0.4 is 11.0 Å². The second-order valence-electron chi connectivity index (χ2n) is 8.69. The van der Waals surface area contributed by atoms with E-state index in [1.54, 1.807) is 0 Å². The standard InChI is InChI=1S/C21H28N4O2/c26-19(24-11-8-21(9-12-24)7-10-22-14-21)15-5-6-18-17(13-15)23-20(27)25(18)16-3-1-2-4-16/h5-6,13,16,22H,1-4,7-12,14H2,(H,23,27). The van der Waals surface area contributed by atoms with Crippen molar-refractivity contribution in [3.05, 3.63) is 34.2 Å². The summed E-state index contributed by atoms with van der Waals surface area (Å²) in [5.41, 5.74) is 2.76. The fraction of sp³-hybridized carbons (Fsp3) is 0.619. The van der Waals surface area contributed by atoms with E-state index in [4.69, 9.17) is 0 Å². The molecule has 2 aliphatic heterocycles. The molecule has 2 N–H and O–H groups in total. The minimum absolute atomic E-state index is 0.0462. The van der Waals surface area contributed by atoms with Crippen molar-refractivity contribution >= 4 is 16.9 Å². The fourth-order valence-corrected chi connectivity index (χ4v) is 5.38. The van der Waals surface area contributed by atoms with Crippen molar-refractivity contribution in [3.63, 3.8) is 0 Å². The molecule has 1 spiro atoms. The van der Waals surface area contributed by atoms with Crippen molar-refractivity contribution < 1.29 is 4.79 Å². The fourth-order valence-electron chi connectivity index (χ4n) is 5.38. The number of aromatic nitrogens is 2. The molecule has 27 heavy (non-hydrogen) atoms. The van der Waals surface area contributed by atoms with E-state index < -0.39 is 0 Å². The number of H-pyrrole nitrogens is 1. The number of imidazole rings is 1. The first kappa shape index (κ1) is 17.0. The number of aromatic amines is 1. The van der Waals surface area contributed by atoms with Crippen LogP contribution >= 0.6 is 0 Å². The van der Waals surface area contributed by atoms with Crippen molar-refractivity contribution in [2.45, 2.75) is 51.0 Å². The summed E-state index contributed by atoms with van der Waals surface area (Å²) in [5.74, 6) is 0.0900. The van der Waals surface area contributed by atoms with Crippen LogP contribution in [0.15, 0.2) is 23.0 Å². The van der Waals surface area contributed by atoms with Crippen LogP contribution in [0.4, 0.5) is 0 Å². The van der Waals surface area contributed by atoms with Gasteiger partial charge in [-0.1, -0.05) is 12.8 Å². The van der Waals surface area contributed by atoms with Crippen LogP contribution in [0.25, 0.3) is 11.0 Å². The smallest absolute Gasteiger partial charge is 0.326 e. The highest BCUT2D eigenvalue weighted by Crippen LogP contribution is 2.37. The van der Waals surface area contributed by atoms with Crippen LogP contribution in [0.3, 0.4) is 0 Å². The molecule has 1 aliphatic carbocycles. The van der Waals surface area contributed by atoms with E-state index in [0.717, 1.165) is 62.9 Å². The molecule has 2 aromatic rings. The van der Waals surface area contributed by atoms with Crippen LogP contribution in [0, 0.1) is 5.41 Å². The number of rotatable bonds is 2. The Hall–Kier alpha value is -2.08. The van der Waals surface area contributed by atoms with E-state index in [1.807, 2.05) is 27.7 Å². The quantitative estimate of drug-likeness (QED) is 0.856. The van der Waals surface area contributed by atoms with Gasteiger partial charge in [0.05, 0.1) is 11.0 Å². The topological polar surface area (TPSA) is 70.1 Å². The maximum absolute atomic E-state index is 13.0. The highest BCUT2D eigenvalue weighted by Gasteiger charge is 2.38. The second kappa shape index (κ2) is 6.51. The first-order chi connectivity index (χ1) is 13.2. The van der Waals surface area contributed by atoms with Gasteiger partial charge in [0.1, 0.15) is 0 Å². The Morgan fingerprint density at radius 1 is 1.11 bits per heavy atom. The number of hydrogen-bond acceptors (Lipinski definition) is 3. The van der Waals surface area contributed by atoms with E-state index in [1.165, 1.54) is 19.3 Å². The number of nitrogens with one attached hydrogen (secondary N) is 2. The molecule has 2 saturated heterocycles. The monoisotopic (exact) mass is 368 g/mol. The molecule has 3 aliphatic rings. The molecule has 0 atom stereocenters. The zero-order chi connectivity index (χ0) is 18.4. The molecular formula is C21H28N4O2. The maximum Gasteiger partial charge on any atom is 0.326 e.